The molecule has 1 rings (SSSR count). The van der Waals surface area contributed by atoms with Crippen LogP contribution in [0.1, 0.15) is 33.6 Å². The molecule has 90 valence electrons. The van der Waals surface area contributed by atoms with Gasteiger partial charge in [-0.1, -0.05) is 20.3 Å². The van der Waals surface area contributed by atoms with Crippen molar-refractivity contribution in [3.8, 4) is 0 Å². The standard InChI is InChI=1S/C12H25NO2/c1-4-10(2)12(3,14)9-13-7-11-5-6-15-8-11/h10-11,13-14H,4-9H2,1-3H3. The van der Waals surface area contributed by atoms with E-state index in [1.165, 1.54) is 0 Å². The normalized spacial score (nSPS) is 27.6. The smallest absolute Gasteiger partial charge is 0.0768 e. The molecule has 0 aromatic carbocycles. The molecule has 2 N–H and O–H groups in total. The van der Waals surface area contributed by atoms with Crippen LogP contribution in [0.3, 0.4) is 0 Å². The summed E-state index contributed by atoms with van der Waals surface area (Å²) in [6.07, 6.45) is 2.17. The molecule has 3 unspecified atom stereocenters. The van der Waals surface area contributed by atoms with Gasteiger partial charge in [0.15, 0.2) is 0 Å². The van der Waals surface area contributed by atoms with E-state index in [0.29, 0.717) is 18.4 Å². The molecule has 0 amide bonds. The van der Waals surface area contributed by atoms with E-state index in [2.05, 4.69) is 19.2 Å². The third-order valence-electron chi connectivity index (χ3n) is 3.61. The Balaban J connectivity index is 2.17. The van der Waals surface area contributed by atoms with Gasteiger partial charge in [0.05, 0.1) is 12.2 Å². The summed E-state index contributed by atoms with van der Waals surface area (Å²) < 4.78 is 5.31. The average molecular weight is 215 g/mol. The Labute approximate surface area is 93.2 Å². The molecule has 0 aliphatic carbocycles. The van der Waals surface area contributed by atoms with Gasteiger partial charge in [-0.15, -0.1) is 0 Å². The van der Waals surface area contributed by atoms with Crippen LogP contribution in [0.5, 0.6) is 0 Å². The summed E-state index contributed by atoms with van der Waals surface area (Å²) in [6.45, 7) is 9.54. The molecule has 0 saturated carbocycles. The van der Waals surface area contributed by atoms with E-state index in [9.17, 15) is 5.11 Å². The van der Waals surface area contributed by atoms with Gasteiger partial charge in [-0.3, -0.25) is 0 Å². The van der Waals surface area contributed by atoms with Crippen LogP contribution in [0, 0.1) is 11.8 Å². The zero-order valence-corrected chi connectivity index (χ0v) is 10.3. The molecule has 3 atom stereocenters. The zero-order valence-electron chi connectivity index (χ0n) is 10.3. The van der Waals surface area contributed by atoms with E-state index < -0.39 is 5.60 Å². The fraction of sp³-hybridized carbons (Fsp3) is 1.00. The summed E-state index contributed by atoms with van der Waals surface area (Å²) in [7, 11) is 0. The van der Waals surface area contributed by atoms with Gasteiger partial charge < -0.3 is 15.2 Å². The lowest BCUT2D eigenvalue weighted by molar-refractivity contribution is 0.00491. The third kappa shape index (κ3) is 4.09. The van der Waals surface area contributed by atoms with Crippen molar-refractivity contribution in [2.75, 3.05) is 26.3 Å². The fourth-order valence-electron chi connectivity index (χ4n) is 1.89. The Hall–Kier alpha value is -0.120. The molecule has 3 nitrogen and oxygen atoms in total. The number of ether oxygens (including phenoxy) is 1. The highest BCUT2D eigenvalue weighted by atomic mass is 16.5. The quantitative estimate of drug-likeness (QED) is 0.704. The zero-order chi connectivity index (χ0) is 11.3. The molecule has 0 aromatic heterocycles. The number of rotatable bonds is 6. The second-order valence-corrected chi connectivity index (χ2v) is 5.03. The number of hydrogen-bond acceptors (Lipinski definition) is 3. The first kappa shape index (κ1) is 12.9. The predicted molar refractivity (Wildman–Crippen MR) is 61.9 cm³/mol. The minimum Gasteiger partial charge on any atom is -0.389 e. The maximum atomic E-state index is 10.2. The molecule has 3 heteroatoms. The van der Waals surface area contributed by atoms with Crippen LogP contribution in [-0.4, -0.2) is 37.0 Å². The van der Waals surface area contributed by atoms with E-state index in [1.54, 1.807) is 0 Å². The van der Waals surface area contributed by atoms with Crippen molar-refractivity contribution in [3.05, 3.63) is 0 Å². The Kier molecular flexibility index (Phi) is 5.03. The van der Waals surface area contributed by atoms with Crippen molar-refractivity contribution < 1.29 is 9.84 Å². The molecule has 1 saturated heterocycles. The monoisotopic (exact) mass is 215 g/mol. The average Bonchev–Trinajstić information content (AvgIpc) is 2.69. The summed E-state index contributed by atoms with van der Waals surface area (Å²) >= 11 is 0. The van der Waals surface area contributed by atoms with Gasteiger partial charge >= 0.3 is 0 Å². The van der Waals surface area contributed by atoms with Crippen molar-refractivity contribution in [1.29, 1.82) is 0 Å². The van der Waals surface area contributed by atoms with Crippen molar-refractivity contribution in [2.24, 2.45) is 11.8 Å². The van der Waals surface area contributed by atoms with Gasteiger partial charge in [-0.05, 0) is 25.2 Å². The van der Waals surface area contributed by atoms with Gasteiger partial charge in [0.25, 0.3) is 0 Å². The highest BCUT2D eigenvalue weighted by molar-refractivity contribution is 4.81. The summed E-state index contributed by atoms with van der Waals surface area (Å²) in [5, 5.41) is 13.5. The Morgan fingerprint density at radius 2 is 2.33 bits per heavy atom. The molecule has 0 spiro atoms. The van der Waals surface area contributed by atoms with Crippen molar-refractivity contribution in [1.82, 2.24) is 5.32 Å². The molecule has 15 heavy (non-hydrogen) atoms. The first-order valence-electron chi connectivity index (χ1n) is 6.07. The van der Waals surface area contributed by atoms with E-state index >= 15 is 0 Å². The van der Waals surface area contributed by atoms with Crippen molar-refractivity contribution in [3.63, 3.8) is 0 Å². The van der Waals surface area contributed by atoms with E-state index in [1.807, 2.05) is 6.92 Å². The highest BCUT2D eigenvalue weighted by Gasteiger charge is 2.27. The Morgan fingerprint density at radius 3 is 2.87 bits per heavy atom. The Bertz CT molecular complexity index is 176. The Morgan fingerprint density at radius 1 is 1.60 bits per heavy atom. The number of nitrogens with one attached hydrogen (secondary N) is 1. The third-order valence-corrected chi connectivity index (χ3v) is 3.61. The van der Waals surface area contributed by atoms with Crippen LogP contribution < -0.4 is 5.32 Å². The second-order valence-electron chi connectivity index (χ2n) is 5.03. The maximum Gasteiger partial charge on any atom is 0.0768 e. The highest BCUT2D eigenvalue weighted by Crippen LogP contribution is 2.19. The van der Waals surface area contributed by atoms with Crippen molar-refractivity contribution in [2.45, 2.75) is 39.2 Å². The minimum atomic E-state index is -0.589. The van der Waals surface area contributed by atoms with Crippen LogP contribution in [-0.2, 0) is 4.74 Å². The SMILES string of the molecule is CCC(C)C(C)(O)CNCC1CCOC1. The van der Waals surface area contributed by atoms with Gasteiger partial charge in [-0.2, -0.15) is 0 Å². The second kappa shape index (κ2) is 5.83. The topological polar surface area (TPSA) is 41.5 Å². The molecule has 0 aromatic rings. The molecular weight excluding hydrogens is 190 g/mol. The van der Waals surface area contributed by atoms with E-state index in [0.717, 1.165) is 32.6 Å². The van der Waals surface area contributed by atoms with Gasteiger partial charge in [-0.25, -0.2) is 0 Å². The summed E-state index contributed by atoms with van der Waals surface area (Å²) in [4.78, 5) is 0. The molecule has 0 bridgehead atoms. The van der Waals surface area contributed by atoms with E-state index in [4.69, 9.17) is 4.74 Å². The van der Waals surface area contributed by atoms with Crippen molar-refractivity contribution >= 4 is 0 Å². The predicted octanol–water partition coefficient (Wildman–Crippen LogP) is 1.41. The first-order chi connectivity index (χ1) is 7.06. The molecule has 1 fully saturated rings. The lowest BCUT2D eigenvalue weighted by atomic mass is 9.88. The molecule has 1 aliphatic heterocycles. The van der Waals surface area contributed by atoms with E-state index in [-0.39, 0.29) is 0 Å². The minimum absolute atomic E-state index is 0.338. The van der Waals surface area contributed by atoms with Gasteiger partial charge in [0, 0.05) is 19.7 Å². The molecular formula is C12H25NO2. The lowest BCUT2D eigenvalue weighted by Gasteiger charge is -2.30. The van der Waals surface area contributed by atoms with Crippen LogP contribution in [0.15, 0.2) is 0 Å². The van der Waals surface area contributed by atoms with Gasteiger partial charge in [0.1, 0.15) is 0 Å². The van der Waals surface area contributed by atoms with Gasteiger partial charge in [0.2, 0.25) is 0 Å². The number of aliphatic hydroxyl groups is 1. The van der Waals surface area contributed by atoms with Crippen LogP contribution in [0.4, 0.5) is 0 Å². The maximum absolute atomic E-state index is 10.2. The largest absolute Gasteiger partial charge is 0.389 e. The lowest BCUT2D eigenvalue weighted by Crippen LogP contribution is -2.44. The fourth-order valence-corrected chi connectivity index (χ4v) is 1.89. The molecule has 1 heterocycles. The first-order valence-corrected chi connectivity index (χ1v) is 6.07. The van der Waals surface area contributed by atoms with Crippen LogP contribution in [0.2, 0.25) is 0 Å². The number of hydrogen-bond donors (Lipinski definition) is 2. The molecule has 1 aliphatic rings. The summed E-state index contributed by atoms with van der Waals surface area (Å²) in [5.41, 5.74) is -0.589. The summed E-state index contributed by atoms with van der Waals surface area (Å²) in [5.74, 6) is 0.975. The molecule has 0 radical (unpaired) electrons. The summed E-state index contributed by atoms with van der Waals surface area (Å²) in [6, 6.07) is 0. The van der Waals surface area contributed by atoms with Crippen LogP contribution in [0.25, 0.3) is 0 Å². The van der Waals surface area contributed by atoms with Crippen LogP contribution >= 0.6 is 0 Å².